The van der Waals surface area contributed by atoms with Gasteiger partial charge in [-0.25, -0.2) is 0 Å². The van der Waals surface area contributed by atoms with Gasteiger partial charge in [-0.15, -0.1) is 11.8 Å². The van der Waals surface area contributed by atoms with Gasteiger partial charge in [-0.05, 0) is 167 Å². The van der Waals surface area contributed by atoms with Gasteiger partial charge in [0.25, 0.3) is 0 Å². The molecule has 0 radical (unpaired) electrons. The second kappa shape index (κ2) is 18.0. The number of furan rings is 1. The molecule has 398 valence electrons. The standard InChI is InChI=1S/C70H84ClN3OS/c1-63(2,3)45-24-29-49(30-25-45)72(50-31-26-46(27-32-50)64(4,5)6)51-33-34-55-54(43-51)67(13)36-17-19-38-69(67,15)74(55)58-42-48(66(10,11)12)41-57(61(58)71)73(60-44-76-70(16)39-20-18-37-68(60,70)14)56-23-21-22-52-53-40-47(65(7,8)9)28-35-59(53)75-62(52)56/h21-35,40-44H,17-20,36-39H2,1-16H3. The minimum Gasteiger partial charge on any atom is -0.454 e. The van der Waals surface area contributed by atoms with Gasteiger partial charge in [0.05, 0.1) is 27.6 Å². The highest BCUT2D eigenvalue weighted by atomic mass is 35.5. The SMILES string of the molecule is CC(C)(C)c1ccc(N(c2ccc(C(C)(C)C)cc2)c2ccc3c(c2)C2(C)CCCCC2(C)N3c2cc(C(C)(C)C)cc(N(C3=CSC4(C)CCCCC34C)c3cccc4c3oc3ccc(C(C)(C)C)cc34)c2Cl)cc1. The van der Waals surface area contributed by atoms with E-state index in [0.29, 0.717) is 0 Å². The van der Waals surface area contributed by atoms with Crippen molar-refractivity contribution in [1.29, 1.82) is 0 Å². The highest BCUT2D eigenvalue weighted by Gasteiger charge is 2.59. The Bertz CT molecular complexity index is 3370. The molecule has 2 fully saturated rings. The summed E-state index contributed by atoms with van der Waals surface area (Å²) in [7, 11) is 0. The molecule has 2 aliphatic heterocycles. The summed E-state index contributed by atoms with van der Waals surface area (Å²) in [6, 6.07) is 44.3. The van der Waals surface area contributed by atoms with Crippen LogP contribution in [0.25, 0.3) is 21.9 Å². The van der Waals surface area contributed by atoms with Crippen LogP contribution in [0.1, 0.15) is 190 Å². The Morgan fingerprint density at radius 3 is 1.66 bits per heavy atom. The summed E-state index contributed by atoms with van der Waals surface area (Å²) >= 11 is 10.5. The molecule has 76 heavy (non-hydrogen) atoms. The molecule has 11 rings (SSSR count). The third-order valence-electron chi connectivity index (χ3n) is 19.3. The first-order valence-electron chi connectivity index (χ1n) is 28.5. The monoisotopic (exact) mass is 1050 g/mol. The lowest BCUT2D eigenvalue weighted by molar-refractivity contribution is 0.195. The number of fused-ring (bicyclic) bond motifs is 7. The number of para-hydroxylation sites is 1. The fraction of sp³-hybridized carbons (Fsp3) is 0.457. The Balaban J connectivity index is 1.14. The van der Waals surface area contributed by atoms with Crippen LogP contribution in [0.5, 0.6) is 0 Å². The van der Waals surface area contributed by atoms with Crippen molar-refractivity contribution < 1.29 is 4.42 Å². The van der Waals surface area contributed by atoms with Gasteiger partial charge in [0.1, 0.15) is 5.58 Å². The highest BCUT2D eigenvalue weighted by Crippen LogP contribution is 2.66. The first-order valence-corrected chi connectivity index (χ1v) is 29.8. The molecule has 4 aliphatic rings. The molecule has 0 amide bonds. The van der Waals surface area contributed by atoms with E-state index in [4.69, 9.17) is 16.0 Å². The van der Waals surface area contributed by atoms with Gasteiger partial charge in [-0.2, -0.15) is 0 Å². The Morgan fingerprint density at radius 2 is 1.05 bits per heavy atom. The Labute approximate surface area is 465 Å². The van der Waals surface area contributed by atoms with E-state index in [1.807, 2.05) is 11.8 Å². The van der Waals surface area contributed by atoms with Crippen LogP contribution in [0.4, 0.5) is 39.8 Å². The molecule has 4 unspecified atom stereocenters. The minimum absolute atomic E-state index is 0.00158. The van der Waals surface area contributed by atoms with Crippen LogP contribution in [0.15, 0.2) is 131 Å². The van der Waals surface area contributed by atoms with Gasteiger partial charge < -0.3 is 19.1 Å². The summed E-state index contributed by atoms with van der Waals surface area (Å²) in [6.07, 6.45) is 9.25. The quantitative estimate of drug-likeness (QED) is 0.158. The molecule has 0 N–H and O–H groups in total. The molecule has 4 atom stereocenters. The molecule has 2 aliphatic carbocycles. The van der Waals surface area contributed by atoms with Crippen molar-refractivity contribution in [2.24, 2.45) is 5.41 Å². The zero-order valence-electron chi connectivity index (χ0n) is 48.7. The van der Waals surface area contributed by atoms with E-state index in [-0.39, 0.29) is 42.8 Å². The predicted octanol–water partition coefficient (Wildman–Crippen LogP) is 21.7. The summed E-state index contributed by atoms with van der Waals surface area (Å²) in [6.45, 7) is 37.9. The van der Waals surface area contributed by atoms with E-state index in [1.165, 1.54) is 70.6 Å². The number of anilines is 7. The number of thioether (sulfide) groups is 1. The lowest BCUT2D eigenvalue weighted by Crippen LogP contribution is -2.54. The van der Waals surface area contributed by atoms with Crippen LogP contribution >= 0.6 is 23.4 Å². The number of nitrogens with zero attached hydrogens (tertiary/aromatic N) is 3. The molecule has 4 nitrogen and oxygen atoms in total. The van der Waals surface area contributed by atoms with E-state index >= 15 is 0 Å². The van der Waals surface area contributed by atoms with Gasteiger partial charge in [0, 0.05) is 54.8 Å². The van der Waals surface area contributed by atoms with Crippen molar-refractivity contribution in [2.45, 2.75) is 200 Å². The van der Waals surface area contributed by atoms with Gasteiger partial charge in [-0.3, -0.25) is 0 Å². The molecule has 1 aromatic heterocycles. The fourth-order valence-corrected chi connectivity index (χ4v) is 15.5. The summed E-state index contributed by atoms with van der Waals surface area (Å²) in [5.41, 5.74) is 17.0. The second-order valence-corrected chi connectivity index (χ2v) is 30.1. The zero-order valence-corrected chi connectivity index (χ0v) is 50.3. The first-order chi connectivity index (χ1) is 35.6. The third kappa shape index (κ3) is 8.36. The van der Waals surface area contributed by atoms with E-state index in [2.05, 4.69) is 246 Å². The summed E-state index contributed by atoms with van der Waals surface area (Å²) in [5.74, 6) is 0. The first kappa shape index (κ1) is 52.9. The second-order valence-electron chi connectivity index (χ2n) is 28.3. The third-order valence-corrected chi connectivity index (χ3v) is 21.2. The van der Waals surface area contributed by atoms with Crippen LogP contribution in [0.3, 0.4) is 0 Å². The average molecular weight is 1050 g/mol. The minimum atomic E-state index is -0.262. The van der Waals surface area contributed by atoms with E-state index in [9.17, 15) is 0 Å². The maximum atomic E-state index is 8.47. The topological polar surface area (TPSA) is 22.9 Å². The fourth-order valence-electron chi connectivity index (χ4n) is 13.8. The molecular weight excluding hydrogens is 966 g/mol. The van der Waals surface area contributed by atoms with Crippen LogP contribution in [-0.4, -0.2) is 10.3 Å². The summed E-state index contributed by atoms with van der Waals surface area (Å²) in [4.78, 5) is 7.76. The van der Waals surface area contributed by atoms with Gasteiger partial charge in [0.15, 0.2) is 5.58 Å². The summed E-state index contributed by atoms with van der Waals surface area (Å²) in [5, 5.41) is 5.56. The molecule has 2 saturated carbocycles. The number of rotatable bonds is 7. The average Bonchev–Trinajstić information content (AvgIpc) is 4.05. The van der Waals surface area contributed by atoms with Gasteiger partial charge in [0.2, 0.25) is 0 Å². The van der Waals surface area contributed by atoms with Gasteiger partial charge >= 0.3 is 0 Å². The number of hydrogen-bond donors (Lipinski definition) is 0. The summed E-state index contributed by atoms with van der Waals surface area (Å²) < 4.78 is 7.18. The zero-order chi connectivity index (χ0) is 54.3. The van der Waals surface area contributed by atoms with E-state index in [1.54, 1.807) is 0 Å². The van der Waals surface area contributed by atoms with Crippen LogP contribution in [0.2, 0.25) is 5.02 Å². The maximum absolute atomic E-state index is 8.47. The molecular formula is C70H84ClN3OS. The van der Waals surface area contributed by atoms with Crippen molar-refractivity contribution in [2.75, 3.05) is 14.7 Å². The highest BCUT2D eigenvalue weighted by molar-refractivity contribution is 8.03. The molecule has 3 heterocycles. The molecule has 6 aromatic carbocycles. The number of halogens is 1. The normalized spacial score (nSPS) is 23.9. The molecule has 0 spiro atoms. The van der Waals surface area contributed by atoms with Crippen LogP contribution in [-0.2, 0) is 27.1 Å². The lowest BCUT2D eigenvalue weighted by Gasteiger charge is -2.51. The Kier molecular flexibility index (Phi) is 12.5. The van der Waals surface area contributed by atoms with E-state index < -0.39 is 0 Å². The predicted molar refractivity (Wildman–Crippen MR) is 330 cm³/mol. The van der Waals surface area contributed by atoms with Crippen molar-refractivity contribution in [1.82, 2.24) is 0 Å². The number of hydrogen-bond acceptors (Lipinski definition) is 5. The molecule has 0 bridgehead atoms. The number of allylic oxidation sites excluding steroid dienone is 1. The van der Waals surface area contributed by atoms with E-state index in [0.717, 1.165) is 81.1 Å². The maximum Gasteiger partial charge on any atom is 0.159 e. The van der Waals surface area contributed by atoms with Crippen molar-refractivity contribution in [3.05, 3.63) is 159 Å². The lowest BCUT2D eigenvalue weighted by atomic mass is 9.61. The smallest absolute Gasteiger partial charge is 0.159 e. The van der Waals surface area contributed by atoms with Crippen molar-refractivity contribution in [3.63, 3.8) is 0 Å². The van der Waals surface area contributed by atoms with Gasteiger partial charge in [-0.1, -0.05) is 177 Å². The Hall–Kier alpha value is -5.10. The van der Waals surface area contributed by atoms with Crippen molar-refractivity contribution in [3.8, 4) is 0 Å². The molecule has 6 heteroatoms. The largest absolute Gasteiger partial charge is 0.454 e. The molecule has 0 saturated heterocycles. The molecule has 7 aromatic rings. The van der Waals surface area contributed by atoms with Crippen LogP contribution < -0.4 is 14.7 Å². The van der Waals surface area contributed by atoms with Crippen LogP contribution in [0, 0.1) is 5.41 Å². The Morgan fingerprint density at radius 1 is 0.500 bits per heavy atom. The number of benzene rings is 6. The van der Waals surface area contributed by atoms with Crippen molar-refractivity contribution >= 4 is 85.1 Å².